The highest BCUT2D eigenvalue weighted by molar-refractivity contribution is 5.44. The van der Waals surface area contributed by atoms with E-state index >= 15 is 0 Å². The first-order valence-electron chi connectivity index (χ1n) is 7.60. The van der Waals surface area contributed by atoms with Gasteiger partial charge in [-0.05, 0) is 44.5 Å². The fraction of sp³-hybridized carbons (Fsp3) is 0.600. The number of nitrogens with zero attached hydrogens (tertiary/aromatic N) is 4. The molecule has 0 radical (unpaired) electrons. The van der Waals surface area contributed by atoms with Gasteiger partial charge in [-0.15, -0.1) is 5.10 Å². The molecule has 1 N–H and O–H groups in total. The zero-order chi connectivity index (χ0) is 13.8. The molecule has 1 saturated heterocycles. The molecule has 108 valence electrons. The second-order valence-corrected chi connectivity index (χ2v) is 5.63. The third kappa shape index (κ3) is 3.28. The van der Waals surface area contributed by atoms with Gasteiger partial charge >= 0.3 is 0 Å². The number of aromatic nitrogens is 3. The van der Waals surface area contributed by atoms with Crippen LogP contribution in [0.5, 0.6) is 0 Å². The minimum atomic E-state index is 0.727. The Kier molecular flexibility index (Phi) is 4.16. The van der Waals surface area contributed by atoms with Gasteiger partial charge in [0.15, 0.2) is 5.65 Å². The highest BCUT2D eigenvalue weighted by atomic mass is 15.3. The summed E-state index contributed by atoms with van der Waals surface area (Å²) in [5.41, 5.74) is 2.09. The van der Waals surface area contributed by atoms with E-state index in [1.807, 2.05) is 16.8 Å². The Morgan fingerprint density at radius 3 is 2.75 bits per heavy atom. The molecule has 0 unspecified atom stereocenters. The molecule has 1 fully saturated rings. The van der Waals surface area contributed by atoms with E-state index in [4.69, 9.17) is 0 Å². The van der Waals surface area contributed by atoms with Crippen LogP contribution in [0, 0.1) is 6.92 Å². The Bertz CT molecular complexity index is 554. The molecule has 20 heavy (non-hydrogen) atoms. The summed E-state index contributed by atoms with van der Waals surface area (Å²) in [5, 5.41) is 7.79. The van der Waals surface area contributed by atoms with E-state index in [9.17, 15) is 0 Å². The van der Waals surface area contributed by atoms with E-state index in [-0.39, 0.29) is 0 Å². The van der Waals surface area contributed by atoms with E-state index in [0.29, 0.717) is 0 Å². The Labute approximate surface area is 120 Å². The van der Waals surface area contributed by atoms with Crippen molar-refractivity contribution in [2.75, 3.05) is 31.5 Å². The van der Waals surface area contributed by atoms with Gasteiger partial charge in [0.25, 0.3) is 0 Å². The third-order valence-electron chi connectivity index (χ3n) is 3.89. The zero-order valence-corrected chi connectivity index (χ0v) is 12.2. The van der Waals surface area contributed by atoms with Crippen LogP contribution in [0.2, 0.25) is 0 Å². The van der Waals surface area contributed by atoms with Gasteiger partial charge in [-0.25, -0.2) is 4.52 Å². The van der Waals surface area contributed by atoms with Crippen LogP contribution in [0.1, 0.15) is 31.2 Å². The molecular formula is C15H23N5. The number of rotatable bonds is 4. The van der Waals surface area contributed by atoms with Crippen LogP contribution in [0.3, 0.4) is 0 Å². The molecule has 0 bridgehead atoms. The summed E-state index contributed by atoms with van der Waals surface area (Å²) in [6.45, 7) is 6.52. The first kappa shape index (κ1) is 13.4. The molecule has 0 aliphatic carbocycles. The molecule has 2 aromatic rings. The van der Waals surface area contributed by atoms with Crippen LogP contribution in [-0.2, 0) is 0 Å². The number of anilines is 1. The maximum absolute atomic E-state index is 4.48. The van der Waals surface area contributed by atoms with Crippen molar-refractivity contribution >= 4 is 11.6 Å². The molecule has 2 aromatic heterocycles. The molecule has 0 aromatic carbocycles. The minimum Gasteiger partial charge on any atom is -0.352 e. The summed E-state index contributed by atoms with van der Waals surface area (Å²) in [6, 6.07) is 4.06. The van der Waals surface area contributed by atoms with Crippen molar-refractivity contribution in [3.8, 4) is 0 Å². The van der Waals surface area contributed by atoms with Gasteiger partial charge in [0.1, 0.15) is 0 Å². The predicted octanol–water partition coefficient (Wildman–Crippen LogP) is 2.33. The lowest BCUT2D eigenvalue weighted by atomic mass is 10.2. The van der Waals surface area contributed by atoms with Gasteiger partial charge in [0, 0.05) is 19.3 Å². The first-order valence-corrected chi connectivity index (χ1v) is 7.60. The lowest BCUT2D eigenvalue weighted by Gasteiger charge is -2.19. The topological polar surface area (TPSA) is 45.5 Å². The predicted molar refractivity (Wildman–Crippen MR) is 81.1 cm³/mol. The number of aryl methyl sites for hydroxylation is 1. The van der Waals surface area contributed by atoms with Gasteiger partial charge < -0.3 is 10.2 Å². The summed E-state index contributed by atoms with van der Waals surface area (Å²) < 4.78 is 1.84. The average Bonchev–Trinajstić information content (AvgIpc) is 2.66. The smallest absolute Gasteiger partial charge is 0.243 e. The fourth-order valence-electron chi connectivity index (χ4n) is 2.75. The van der Waals surface area contributed by atoms with Crippen molar-refractivity contribution in [3.63, 3.8) is 0 Å². The maximum atomic E-state index is 4.48. The van der Waals surface area contributed by atoms with Crippen molar-refractivity contribution in [1.29, 1.82) is 0 Å². The fourth-order valence-corrected chi connectivity index (χ4v) is 2.75. The van der Waals surface area contributed by atoms with Crippen LogP contribution in [-0.4, -0.2) is 45.7 Å². The van der Waals surface area contributed by atoms with Crippen LogP contribution in [0.25, 0.3) is 5.65 Å². The standard InChI is InChI=1S/C15H23N5/c1-13-6-7-14-17-15(18-20(14)12-13)16-8-11-19-9-4-2-3-5-10-19/h6-7,12H,2-5,8-11H2,1H3,(H,16,18). The largest absolute Gasteiger partial charge is 0.352 e. The molecular weight excluding hydrogens is 250 g/mol. The molecule has 3 heterocycles. The van der Waals surface area contributed by atoms with Gasteiger partial charge in [-0.2, -0.15) is 4.98 Å². The first-order chi connectivity index (χ1) is 9.81. The van der Waals surface area contributed by atoms with Gasteiger partial charge in [-0.1, -0.05) is 18.9 Å². The Hall–Kier alpha value is -1.62. The average molecular weight is 273 g/mol. The SMILES string of the molecule is Cc1ccc2nc(NCCN3CCCCCC3)nn2c1. The number of fused-ring (bicyclic) bond motifs is 1. The third-order valence-corrected chi connectivity index (χ3v) is 3.89. The molecule has 5 heteroatoms. The summed E-state index contributed by atoms with van der Waals surface area (Å²) in [5.74, 6) is 0.727. The van der Waals surface area contributed by atoms with Crippen LogP contribution in [0.15, 0.2) is 18.3 Å². The van der Waals surface area contributed by atoms with E-state index < -0.39 is 0 Å². The van der Waals surface area contributed by atoms with Gasteiger partial charge in [-0.3, -0.25) is 0 Å². The van der Waals surface area contributed by atoms with E-state index in [1.165, 1.54) is 44.3 Å². The lowest BCUT2D eigenvalue weighted by molar-refractivity contribution is 0.296. The number of nitrogens with one attached hydrogen (secondary N) is 1. The Morgan fingerprint density at radius 1 is 1.15 bits per heavy atom. The van der Waals surface area contributed by atoms with Crippen LogP contribution in [0.4, 0.5) is 5.95 Å². The van der Waals surface area contributed by atoms with Crippen LogP contribution < -0.4 is 5.32 Å². The summed E-state index contributed by atoms with van der Waals surface area (Å²) in [4.78, 5) is 7.02. The normalized spacial score (nSPS) is 17.2. The molecule has 0 spiro atoms. The summed E-state index contributed by atoms with van der Waals surface area (Å²) in [7, 11) is 0. The number of pyridine rings is 1. The second kappa shape index (κ2) is 6.22. The highest BCUT2D eigenvalue weighted by Gasteiger charge is 2.09. The monoisotopic (exact) mass is 273 g/mol. The molecule has 0 amide bonds. The van der Waals surface area contributed by atoms with Crippen molar-refractivity contribution in [2.45, 2.75) is 32.6 Å². The summed E-state index contributed by atoms with van der Waals surface area (Å²) in [6.07, 6.45) is 7.45. The quantitative estimate of drug-likeness (QED) is 0.928. The zero-order valence-electron chi connectivity index (χ0n) is 12.2. The molecule has 3 rings (SSSR count). The van der Waals surface area contributed by atoms with Crippen molar-refractivity contribution in [3.05, 3.63) is 23.9 Å². The van der Waals surface area contributed by atoms with Crippen LogP contribution >= 0.6 is 0 Å². The van der Waals surface area contributed by atoms with Gasteiger partial charge in [0.2, 0.25) is 5.95 Å². The molecule has 0 saturated carbocycles. The van der Waals surface area contributed by atoms with Gasteiger partial charge in [0.05, 0.1) is 0 Å². The van der Waals surface area contributed by atoms with E-state index in [1.54, 1.807) is 0 Å². The molecule has 1 aliphatic rings. The summed E-state index contributed by atoms with van der Waals surface area (Å²) >= 11 is 0. The van der Waals surface area contributed by atoms with Crippen molar-refractivity contribution < 1.29 is 0 Å². The number of likely N-dealkylation sites (tertiary alicyclic amines) is 1. The molecule has 1 aliphatic heterocycles. The highest BCUT2D eigenvalue weighted by Crippen LogP contribution is 2.10. The molecule has 0 atom stereocenters. The minimum absolute atomic E-state index is 0.727. The Morgan fingerprint density at radius 2 is 1.95 bits per heavy atom. The lowest BCUT2D eigenvalue weighted by Crippen LogP contribution is -2.30. The van der Waals surface area contributed by atoms with E-state index in [2.05, 4.69) is 33.3 Å². The van der Waals surface area contributed by atoms with E-state index in [0.717, 1.165) is 24.7 Å². The number of hydrogen-bond donors (Lipinski definition) is 1. The van der Waals surface area contributed by atoms with Crippen molar-refractivity contribution in [1.82, 2.24) is 19.5 Å². The van der Waals surface area contributed by atoms with Crippen molar-refractivity contribution in [2.24, 2.45) is 0 Å². The second-order valence-electron chi connectivity index (χ2n) is 5.63. The molecule has 5 nitrogen and oxygen atoms in total. The Balaban J connectivity index is 1.54. The number of hydrogen-bond acceptors (Lipinski definition) is 4. The maximum Gasteiger partial charge on any atom is 0.243 e.